The molecule has 0 radical (unpaired) electrons. The fourth-order valence-corrected chi connectivity index (χ4v) is 1.98. The molecule has 0 atom stereocenters. The zero-order valence-electron chi connectivity index (χ0n) is 10.3. The van der Waals surface area contributed by atoms with E-state index in [-0.39, 0.29) is 28.5 Å². The minimum absolute atomic E-state index is 0.0430. The van der Waals surface area contributed by atoms with Crippen LogP contribution in [0.1, 0.15) is 16.1 Å². The van der Waals surface area contributed by atoms with E-state index in [2.05, 4.69) is 15.6 Å². The number of phenols is 1. The number of phenolic OH excluding ortho intramolecular Hbond substituents is 1. The number of para-hydroxylation sites is 1. The van der Waals surface area contributed by atoms with E-state index in [4.69, 9.17) is 0 Å². The Morgan fingerprint density at radius 2 is 1.86 bits per heavy atom. The van der Waals surface area contributed by atoms with Crippen molar-refractivity contribution in [1.82, 2.24) is 4.98 Å². The molecule has 0 fully saturated rings. The first-order chi connectivity index (χ1) is 9.86. The molecule has 0 saturated heterocycles. The normalized spacial score (nSPS) is 13.6. The molecule has 3 N–H and O–H groups in total. The van der Waals surface area contributed by atoms with Gasteiger partial charge in [-0.1, -0.05) is 6.07 Å². The molecular weight excluding hydrogens is 287 g/mol. The van der Waals surface area contributed by atoms with Gasteiger partial charge < -0.3 is 15.7 Å². The molecule has 5 nitrogen and oxygen atoms in total. The van der Waals surface area contributed by atoms with E-state index >= 15 is 0 Å². The second kappa shape index (κ2) is 4.37. The molecule has 2 heterocycles. The molecule has 8 heteroatoms. The molecule has 0 spiro atoms. The summed E-state index contributed by atoms with van der Waals surface area (Å²) in [6, 6.07) is 6.12. The van der Waals surface area contributed by atoms with Crippen LogP contribution in [-0.2, 0) is 6.18 Å². The number of carbonyl (C=O) groups is 1. The van der Waals surface area contributed by atoms with Gasteiger partial charge in [-0.3, -0.25) is 4.79 Å². The first-order valence-electron chi connectivity index (χ1n) is 5.85. The van der Waals surface area contributed by atoms with Gasteiger partial charge in [-0.15, -0.1) is 0 Å². The summed E-state index contributed by atoms with van der Waals surface area (Å²) in [6.45, 7) is 0. The number of carbonyl (C=O) groups excluding carboxylic acids is 1. The number of rotatable bonds is 0. The van der Waals surface area contributed by atoms with Gasteiger partial charge in [0.25, 0.3) is 5.91 Å². The summed E-state index contributed by atoms with van der Waals surface area (Å²) >= 11 is 0. The molecule has 3 rings (SSSR count). The highest BCUT2D eigenvalue weighted by Gasteiger charge is 2.34. The van der Waals surface area contributed by atoms with Crippen molar-refractivity contribution in [1.29, 1.82) is 0 Å². The van der Waals surface area contributed by atoms with Gasteiger partial charge in [0.05, 0.1) is 11.3 Å². The highest BCUT2D eigenvalue weighted by molar-refractivity contribution is 6.12. The highest BCUT2D eigenvalue weighted by atomic mass is 19.4. The zero-order chi connectivity index (χ0) is 15.2. The summed E-state index contributed by atoms with van der Waals surface area (Å²) in [4.78, 5) is 15.4. The number of hydrogen-bond donors (Lipinski definition) is 3. The summed E-state index contributed by atoms with van der Waals surface area (Å²) in [7, 11) is 0. The topological polar surface area (TPSA) is 74.2 Å². The molecule has 21 heavy (non-hydrogen) atoms. The van der Waals surface area contributed by atoms with E-state index in [1.165, 1.54) is 18.2 Å². The standard InChI is InChI=1S/C13H8F3N3O2/c14-13(15,16)9-5-4-6-11(18-9)17-7-2-1-3-8(20)10(7)19-12(6)21/h1-5,20H,(H,17,18)(H,19,21). The second-order valence-electron chi connectivity index (χ2n) is 4.37. The van der Waals surface area contributed by atoms with Crippen LogP contribution in [-0.4, -0.2) is 16.0 Å². The van der Waals surface area contributed by atoms with Crippen LogP contribution in [0.4, 0.5) is 30.4 Å². The van der Waals surface area contributed by atoms with Crippen LogP contribution in [0.25, 0.3) is 0 Å². The van der Waals surface area contributed by atoms with Crippen LogP contribution < -0.4 is 10.6 Å². The molecule has 1 aromatic carbocycles. The third-order valence-corrected chi connectivity index (χ3v) is 2.96. The average Bonchev–Trinajstić information content (AvgIpc) is 2.55. The number of hydrogen-bond acceptors (Lipinski definition) is 4. The maximum atomic E-state index is 12.7. The van der Waals surface area contributed by atoms with Crippen molar-refractivity contribution in [2.75, 3.05) is 10.6 Å². The number of alkyl halides is 3. The largest absolute Gasteiger partial charge is 0.506 e. The van der Waals surface area contributed by atoms with Crippen LogP contribution in [0.15, 0.2) is 30.3 Å². The first kappa shape index (κ1) is 13.2. The highest BCUT2D eigenvalue weighted by Crippen LogP contribution is 2.38. The Kier molecular flexibility index (Phi) is 2.75. The third kappa shape index (κ3) is 2.24. The van der Waals surface area contributed by atoms with E-state index in [1.54, 1.807) is 0 Å². The van der Waals surface area contributed by atoms with E-state index in [1.807, 2.05) is 0 Å². The average molecular weight is 295 g/mol. The lowest BCUT2D eigenvalue weighted by Gasteiger charge is -2.11. The summed E-state index contributed by atoms with van der Waals surface area (Å²) in [5, 5.41) is 14.8. The lowest BCUT2D eigenvalue weighted by molar-refractivity contribution is -0.141. The third-order valence-electron chi connectivity index (χ3n) is 2.96. The van der Waals surface area contributed by atoms with Crippen molar-refractivity contribution in [3.8, 4) is 5.75 Å². The van der Waals surface area contributed by atoms with Crippen molar-refractivity contribution in [3.05, 3.63) is 41.6 Å². The van der Waals surface area contributed by atoms with Gasteiger partial charge in [-0.05, 0) is 24.3 Å². The number of halogens is 3. The summed E-state index contributed by atoms with van der Waals surface area (Å²) in [6.07, 6.45) is -4.61. The number of pyridine rings is 1. The van der Waals surface area contributed by atoms with Crippen molar-refractivity contribution < 1.29 is 23.1 Å². The molecular formula is C13H8F3N3O2. The van der Waals surface area contributed by atoms with Gasteiger partial charge in [0.15, 0.2) is 0 Å². The molecule has 0 bridgehead atoms. The zero-order valence-corrected chi connectivity index (χ0v) is 10.3. The summed E-state index contributed by atoms with van der Waals surface area (Å²) in [5.41, 5.74) is -0.799. The maximum Gasteiger partial charge on any atom is 0.433 e. The van der Waals surface area contributed by atoms with Crippen molar-refractivity contribution in [2.24, 2.45) is 0 Å². The van der Waals surface area contributed by atoms with E-state index in [9.17, 15) is 23.1 Å². The van der Waals surface area contributed by atoms with Crippen LogP contribution in [0.5, 0.6) is 5.75 Å². The van der Waals surface area contributed by atoms with Gasteiger partial charge in [0, 0.05) is 0 Å². The van der Waals surface area contributed by atoms with Crippen molar-refractivity contribution in [3.63, 3.8) is 0 Å². The van der Waals surface area contributed by atoms with Crippen LogP contribution in [0.2, 0.25) is 0 Å². The number of anilines is 3. The Bertz CT molecular complexity index is 744. The Balaban J connectivity index is 2.15. The van der Waals surface area contributed by atoms with E-state index in [0.29, 0.717) is 0 Å². The first-order valence-corrected chi connectivity index (χ1v) is 5.85. The molecule has 0 saturated carbocycles. The lowest BCUT2D eigenvalue weighted by Crippen LogP contribution is -2.14. The molecule has 1 aliphatic rings. The number of fused-ring (bicyclic) bond motifs is 2. The van der Waals surface area contributed by atoms with Crippen molar-refractivity contribution >= 4 is 23.1 Å². The predicted octanol–water partition coefficient (Wildman–Crippen LogP) is 3.12. The molecule has 0 unspecified atom stereocenters. The molecule has 1 amide bonds. The Morgan fingerprint density at radius 1 is 1.10 bits per heavy atom. The van der Waals surface area contributed by atoms with Crippen molar-refractivity contribution in [2.45, 2.75) is 6.18 Å². The number of nitrogens with zero attached hydrogens (tertiary/aromatic N) is 1. The molecule has 108 valence electrons. The Morgan fingerprint density at radius 3 is 2.57 bits per heavy atom. The lowest BCUT2D eigenvalue weighted by atomic mass is 10.2. The fraction of sp³-hybridized carbons (Fsp3) is 0.0769. The quantitative estimate of drug-likeness (QED) is 0.653. The number of aromatic hydroxyl groups is 1. The SMILES string of the molecule is O=C1Nc2c(O)cccc2Nc2nc(C(F)(F)F)ccc21. The van der Waals surface area contributed by atoms with Gasteiger partial charge in [0.1, 0.15) is 22.9 Å². The van der Waals surface area contributed by atoms with Gasteiger partial charge in [-0.25, -0.2) is 4.98 Å². The Labute approximate surface area is 116 Å². The molecule has 1 aliphatic heterocycles. The number of benzene rings is 1. The number of aromatic nitrogens is 1. The van der Waals surface area contributed by atoms with Crippen LogP contribution in [0, 0.1) is 0 Å². The summed E-state index contributed by atoms with van der Waals surface area (Å²) in [5.74, 6) is -1.07. The maximum absolute atomic E-state index is 12.7. The minimum Gasteiger partial charge on any atom is -0.506 e. The van der Waals surface area contributed by atoms with E-state index < -0.39 is 17.8 Å². The minimum atomic E-state index is -4.61. The van der Waals surface area contributed by atoms with Gasteiger partial charge >= 0.3 is 6.18 Å². The Hall–Kier alpha value is -2.77. The molecule has 0 aliphatic carbocycles. The molecule has 2 aromatic rings. The molecule has 1 aromatic heterocycles. The van der Waals surface area contributed by atoms with Gasteiger partial charge in [0.2, 0.25) is 0 Å². The van der Waals surface area contributed by atoms with Crippen LogP contribution in [0.3, 0.4) is 0 Å². The fourth-order valence-electron chi connectivity index (χ4n) is 1.98. The smallest absolute Gasteiger partial charge is 0.433 e. The van der Waals surface area contributed by atoms with Crippen LogP contribution >= 0.6 is 0 Å². The van der Waals surface area contributed by atoms with E-state index in [0.717, 1.165) is 12.1 Å². The summed E-state index contributed by atoms with van der Waals surface area (Å²) < 4.78 is 38.1. The number of amides is 1. The predicted molar refractivity (Wildman–Crippen MR) is 68.6 cm³/mol. The van der Waals surface area contributed by atoms with Gasteiger partial charge in [-0.2, -0.15) is 13.2 Å². The second-order valence-corrected chi connectivity index (χ2v) is 4.37. The monoisotopic (exact) mass is 295 g/mol. The number of nitrogens with one attached hydrogen (secondary N) is 2.